The lowest BCUT2D eigenvalue weighted by Gasteiger charge is -2.15. The summed E-state index contributed by atoms with van der Waals surface area (Å²) in [5.41, 5.74) is 3.40. The molecule has 1 aliphatic carbocycles. The zero-order valence-electron chi connectivity index (χ0n) is 16.6. The molecule has 1 fully saturated rings. The van der Waals surface area contributed by atoms with Gasteiger partial charge >= 0.3 is 0 Å². The van der Waals surface area contributed by atoms with Gasteiger partial charge in [0, 0.05) is 24.7 Å². The predicted molar refractivity (Wildman–Crippen MR) is 103 cm³/mol. The maximum Gasteiger partial charge on any atom is 0.225 e. The zero-order valence-corrected chi connectivity index (χ0v) is 16.6. The monoisotopic (exact) mass is 357 g/mol. The van der Waals surface area contributed by atoms with Crippen LogP contribution >= 0.6 is 0 Å². The first-order valence-electron chi connectivity index (χ1n) is 9.73. The minimum absolute atomic E-state index is 0.0326. The number of nitrogens with zero attached hydrogens (tertiary/aromatic N) is 4. The molecule has 0 aromatic carbocycles. The molecule has 1 saturated carbocycles. The fourth-order valence-corrected chi connectivity index (χ4v) is 3.58. The molecule has 1 N–H and O–H groups in total. The largest absolute Gasteiger partial charge is 0.311 e. The molecular formula is C20H31N5O. The molecule has 26 heavy (non-hydrogen) atoms. The van der Waals surface area contributed by atoms with Gasteiger partial charge in [-0.25, -0.2) is 4.68 Å². The minimum atomic E-state index is 0.0326. The topological polar surface area (TPSA) is 64.7 Å². The van der Waals surface area contributed by atoms with Gasteiger partial charge < -0.3 is 5.32 Å². The Morgan fingerprint density at radius 1 is 1.31 bits per heavy atom. The van der Waals surface area contributed by atoms with Gasteiger partial charge in [0.2, 0.25) is 5.91 Å². The van der Waals surface area contributed by atoms with Crippen molar-refractivity contribution in [2.75, 3.05) is 5.32 Å². The number of hydrogen-bond donors (Lipinski definition) is 1. The number of anilines is 1. The Balaban J connectivity index is 1.60. The van der Waals surface area contributed by atoms with E-state index in [0.29, 0.717) is 30.7 Å². The number of aryl methyl sites for hydroxylation is 1. The SMILES string of the molecule is Cc1nn(CC(C)C)c(C)c1CCC(=O)Nc1ccnn1C(C)C1CC1. The lowest BCUT2D eigenvalue weighted by molar-refractivity contribution is -0.116. The molecule has 0 radical (unpaired) electrons. The molecule has 3 rings (SSSR count). The summed E-state index contributed by atoms with van der Waals surface area (Å²) in [6.07, 6.45) is 5.45. The van der Waals surface area contributed by atoms with Gasteiger partial charge in [-0.05, 0) is 57.4 Å². The number of carbonyl (C=O) groups excluding carboxylic acids is 1. The van der Waals surface area contributed by atoms with Gasteiger partial charge in [0.25, 0.3) is 0 Å². The molecule has 142 valence electrons. The molecule has 0 bridgehead atoms. The summed E-state index contributed by atoms with van der Waals surface area (Å²) in [5, 5.41) is 12.1. The number of nitrogens with one attached hydrogen (secondary N) is 1. The highest BCUT2D eigenvalue weighted by atomic mass is 16.1. The lowest BCUT2D eigenvalue weighted by Crippen LogP contribution is -2.18. The van der Waals surface area contributed by atoms with Crippen LogP contribution in [0.3, 0.4) is 0 Å². The van der Waals surface area contributed by atoms with Gasteiger partial charge in [-0.1, -0.05) is 13.8 Å². The number of aromatic nitrogens is 4. The van der Waals surface area contributed by atoms with Crippen LogP contribution in [0.4, 0.5) is 5.82 Å². The summed E-state index contributed by atoms with van der Waals surface area (Å²) < 4.78 is 4.02. The maximum absolute atomic E-state index is 12.5. The molecular weight excluding hydrogens is 326 g/mol. The standard InChI is InChI=1S/C20H31N5O/c1-13(2)12-24-16(5)18(14(3)23-24)8-9-20(26)22-19-10-11-21-25(19)15(4)17-6-7-17/h10-11,13,15,17H,6-9,12H2,1-5H3,(H,22,26). The van der Waals surface area contributed by atoms with Crippen LogP contribution in [0.15, 0.2) is 12.3 Å². The summed E-state index contributed by atoms with van der Waals surface area (Å²) in [5.74, 6) is 2.09. The Morgan fingerprint density at radius 3 is 2.69 bits per heavy atom. The number of amides is 1. The summed E-state index contributed by atoms with van der Waals surface area (Å²) in [6, 6.07) is 2.23. The van der Waals surface area contributed by atoms with Crippen molar-refractivity contribution in [3.05, 3.63) is 29.2 Å². The van der Waals surface area contributed by atoms with E-state index in [9.17, 15) is 4.79 Å². The third-order valence-electron chi connectivity index (χ3n) is 5.30. The van der Waals surface area contributed by atoms with Crippen LogP contribution in [0.25, 0.3) is 0 Å². The summed E-state index contributed by atoms with van der Waals surface area (Å²) >= 11 is 0. The van der Waals surface area contributed by atoms with Crippen LogP contribution in [0.2, 0.25) is 0 Å². The smallest absolute Gasteiger partial charge is 0.225 e. The van der Waals surface area contributed by atoms with Gasteiger partial charge in [0.1, 0.15) is 5.82 Å². The fourth-order valence-electron chi connectivity index (χ4n) is 3.58. The zero-order chi connectivity index (χ0) is 18.8. The second kappa shape index (κ2) is 7.64. The molecule has 0 saturated heterocycles. The summed E-state index contributed by atoms with van der Waals surface area (Å²) in [4.78, 5) is 12.5. The van der Waals surface area contributed by atoms with Crippen LogP contribution < -0.4 is 5.32 Å². The van der Waals surface area contributed by atoms with Crippen molar-refractivity contribution >= 4 is 11.7 Å². The molecule has 6 nitrogen and oxygen atoms in total. The molecule has 1 amide bonds. The van der Waals surface area contributed by atoms with Crippen LogP contribution in [-0.4, -0.2) is 25.5 Å². The van der Waals surface area contributed by atoms with Crippen molar-refractivity contribution in [1.82, 2.24) is 19.6 Å². The minimum Gasteiger partial charge on any atom is -0.311 e. The van der Waals surface area contributed by atoms with Crippen molar-refractivity contribution in [2.24, 2.45) is 11.8 Å². The van der Waals surface area contributed by atoms with Gasteiger partial charge in [-0.15, -0.1) is 0 Å². The second-order valence-electron chi connectivity index (χ2n) is 8.01. The van der Waals surface area contributed by atoms with E-state index in [-0.39, 0.29) is 5.91 Å². The maximum atomic E-state index is 12.5. The first kappa shape index (κ1) is 18.7. The normalized spacial score (nSPS) is 15.5. The second-order valence-corrected chi connectivity index (χ2v) is 8.01. The molecule has 1 unspecified atom stereocenters. The Hall–Kier alpha value is -2.11. The average molecular weight is 358 g/mol. The summed E-state index contributed by atoms with van der Waals surface area (Å²) in [7, 11) is 0. The molecule has 0 spiro atoms. The van der Waals surface area contributed by atoms with Gasteiger partial charge in [-0.3, -0.25) is 9.48 Å². The van der Waals surface area contributed by atoms with Crippen LogP contribution in [0, 0.1) is 25.7 Å². The third kappa shape index (κ3) is 4.17. The first-order valence-corrected chi connectivity index (χ1v) is 9.73. The van der Waals surface area contributed by atoms with Crippen molar-refractivity contribution in [1.29, 1.82) is 0 Å². The Morgan fingerprint density at radius 2 is 2.04 bits per heavy atom. The molecule has 1 atom stereocenters. The number of rotatable bonds is 8. The number of hydrogen-bond acceptors (Lipinski definition) is 3. The molecule has 2 aromatic rings. The third-order valence-corrected chi connectivity index (χ3v) is 5.30. The van der Waals surface area contributed by atoms with Gasteiger partial charge in [0.15, 0.2) is 0 Å². The van der Waals surface area contributed by atoms with E-state index in [4.69, 9.17) is 0 Å². The Kier molecular flexibility index (Phi) is 5.49. The van der Waals surface area contributed by atoms with Crippen molar-refractivity contribution < 1.29 is 4.79 Å². The van der Waals surface area contributed by atoms with Crippen molar-refractivity contribution in [3.63, 3.8) is 0 Å². The van der Waals surface area contributed by atoms with E-state index >= 15 is 0 Å². The average Bonchev–Trinajstić information content (AvgIpc) is 3.27. The highest BCUT2D eigenvalue weighted by Crippen LogP contribution is 2.40. The fraction of sp³-hybridized carbons (Fsp3) is 0.650. The highest BCUT2D eigenvalue weighted by molar-refractivity contribution is 5.90. The molecule has 2 heterocycles. The molecule has 0 aliphatic heterocycles. The van der Waals surface area contributed by atoms with Gasteiger partial charge in [-0.2, -0.15) is 10.2 Å². The van der Waals surface area contributed by atoms with E-state index in [0.717, 1.165) is 18.1 Å². The quantitative estimate of drug-likeness (QED) is 0.779. The van der Waals surface area contributed by atoms with E-state index in [1.807, 2.05) is 17.7 Å². The highest BCUT2D eigenvalue weighted by Gasteiger charge is 2.30. The Labute approximate surface area is 156 Å². The first-order chi connectivity index (χ1) is 12.4. The van der Waals surface area contributed by atoms with E-state index in [2.05, 4.69) is 47.9 Å². The predicted octanol–water partition coefficient (Wildman–Crippen LogP) is 3.89. The van der Waals surface area contributed by atoms with Crippen molar-refractivity contribution in [2.45, 2.75) is 72.9 Å². The molecule has 1 aliphatic rings. The Bertz CT molecular complexity index is 769. The van der Waals surface area contributed by atoms with Crippen LogP contribution in [0.5, 0.6) is 0 Å². The molecule has 6 heteroatoms. The van der Waals surface area contributed by atoms with Crippen LogP contribution in [-0.2, 0) is 17.8 Å². The van der Waals surface area contributed by atoms with Gasteiger partial charge in [0.05, 0.1) is 17.9 Å². The van der Waals surface area contributed by atoms with E-state index in [1.54, 1.807) is 6.20 Å². The van der Waals surface area contributed by atoms with Crippen LogP contribution in [0.1, 0.15) is 63.0 Å². The van der Waals surface area contributed by atoms with Crippen molar-refractivity contribution in [3.8, 4) is 0 Å². The summed E-state index contributed by atoms with van der Waals surface area (Å²) in [6.45, 7) is 11.6. The number of carbonyl (C=O) groups is 1. The lowest BCUT2D eigenvalue weighted by atomic mass is 10.1. The molecule has 2 aromatic heterocycles. The van der Waals surface area contributed by atoms with E-state index in [1.165, 1.54) is 24.1 Å². The van der Waals surface area contributed by atoms with E-state index < -0.39 is 0 Å².